The second-order valence-electron chi connectivity index (χ2n) is 5.51. The highest BCUT2D eigenvalue weighted by atomic mass is 32.2. The molecule has 0 unspecified atom stereocenters. The van der Waals surface area contributed by atoms with Crippen molar-refractivity contribution >= 4 is 39.2 Å². The Balaban J connectivity index is 1.92. The average molecular weight is 371 g/mol. The van der Waals surface area contributed by atoms with Gasteiger partial charge in [0, 0.05) is 12.1 Å². The zero-order valence-corrected chi connectivity index (χ0v) is 15.7. The van der Waals surface area contributed by atoms with Gasteiger partial charge in [0.1, 0.15) is 16.2 Å². The molecule has 0 saturated carbocycles. The van der Waals surface area contributed by atoms with Crippen LogP contribution in [0.25, 0.3) is 21.5 Å². The summed E-state index contributed by atoms with van der Waals surface area (Å²) in [5, 5.41) is 13.1. The SMILES string of the molecule is C=CCNC(=O)CSc1nnc(-c2ccc(C)cc2)c2sc(C)nc12. The topological polar surface area (TPSA) is 67.8 Å². The molecule has 0 aliphatic carbocycles. The second kappa shape index (κ2) is 7.76. The monoisotopic (exact) mass is 370 g/mol. The van der Waals surface area contributed by atoms with E-state index in [1.807, 2.05) is 19.1 Å². The Bertz CT molecular complexity index is 919. The van der Waals surface area contributed by atoms with Crippen molar-refractivity contribution < 1.29 is 4.79 Å². The van der Waals surface area contributed by atoms with E-state index in [9.17, 15) is 4.79 Å². The summed E-state index contributed by atoms with van der Waals surface area (Å²) in [5.74, 6) is 0.215. The standard InChI is InChI=1S/C18H18N4OS2/c1-4-9-19-14(23)10-24-18-16-17(25-12(3)20-16)15(21-22-18)13-7-5-11(2)6-8-13/h4-8H,1,9-10H2,2-3H3,(H,19,23). The van der Waals surface area contributed by atoms with Crippen LogP contribution in [-0.2, 0) is 4.79 Å². The molecule has 0 fully saturated rings. The van der Waals surface area contributed by atoms with Crippen LogP contribution >= 0.6 is 23.1 Å². The van der Waals surface area contributed by atoms with Gasteiger partial charge in [0.05, 0.1) is 15.5 Å². The third-order valence-electron chi connectivity index (χ3n) is 3.50. The molecule has 7 heteroatoms. The molecule has 0 atom stereocenters. The van der Waals surface area contributed by atoms with Crippen molar-refractivity contribution in [3.8, 4) is 11.3 Å². The number of aromatic nitrogens is 3. The number of carbonyl (C=O) groups excluding carboxylic acids is 1. The number of thiazole rings is 1. The van der Waals surface area contributed by atoms with Gasteiger partial charge in [-0.05, 0) is 13.8 Å². The van der Waals surface area contributed by atoms with Crippen molar-refractivity contribution in [1.29, 1.82) is 0 Å². The van der Waals surface area contributed by atoms with Crippen LogP contribution < -0.4 is 5.32 Å². The van der Waals surface area contributed by atoms with Crippen LogP contribution in [-0.4, -0.2) is 33.4 Å². The lowest BCUT2D eigenvalue weighted by Crippen LogP contribution is -2.24. The van der Waals surface area contributed by atoms with Gasteiger partial charge in [-0.2, -0.15) is 0 Å². The molecule has 0 aliphatic rings. The lowest BCUT2D eigenvalue weighted by molar-refractivity contribution is -0.118. The van der Waals surface area contributed by atoms with Crippen molar-refractivity contribution in [1.82, 2.24) is 20.5 Å². The first-order chi connectivity index (χ1) is 12.1. The van der Waals surface area contributed by atoms with E-state index >= 15 is 0 Å². The zero-order chi connectivity index (χ0) is 17.8. The summed E-state index contributed by atoms with van der Waals surface area (Å²) in [4.78, 5) is 16.4. The first-order valence-corrected chi connectivity index (χ1v) is 9.60. The molecule has 128 valence electrons. The third-order valence-corrected chi connectivity index (χ3v) is 5.43. The van der Waals surface area contributed by atoms with E-state index < -0.39 is 0 Å². The molecular formula is C18H18N4OS2. The van der Waals surface area contributed by atoms with Gasteiger partial charge in [-0.25, -0.2) is 4.98 Å². The summed E-state index contributed by atoms with van der Waals surface area (Å²) in [6, 6.07) is 8.21. The van der Waals surface area contributed by atoms with Crippen LogP contribution in [0.5, 0.6) is 0 Å². The Hall–Kier alpha value is -2.25. The van der Waals surface area contributed by atoms with Gasteiger partial charge in [0.15, 0.2) is 0 Å². The lowest BCUT2D eigenvalue weighted by Gasteiger charge is -2.05. The quantitative estimate of drug-likeness (QED) is 0.528. The van der Waals surface area contributed by atoms with Gasteiger partial charge < -0.3 is 5.32 Å². The smallest absolute Gasteiger partial charge is 0.230 e. The summed E-state index contributed by atoms with van der Waals surface area (Å²) in [6.07, 6.45) is 1.65. The Morgan fingerprint density at radius 2 is 2.04 bits per heavy atom. The highest BCUT2D eigenvalue weighted by Crippen LogP contribution is 2.35. The van der Waals surface area contributed by atoms with Crippen molar-refractivity contribution in [3.05, 3.63) is 47.5 Å². The van der Waals surface area contributed by atoms with Gasteiger partial charge in [-0.1, -0.05) is 47.7 Å². The molecule has 1 N–H and O–H groups in total. The Kier molecular flexibility index (Phi) is 5.45. The highest BCUT2D eigenvalue weighted by Gasteiger charge is 2.16. The molecule has 25 heavy (non-hydrogen) atoms. The van der Waals surface area contributed by atoms with Crippen molar-refractivity contribution in [3.63, 3.8) is 0 Å². The minimum absolute atomic E-state index is 0.0607. The molecule has 2 heterocycles. The molecule has 0 saturated heterocycles. The fourth-order valence-corrected chi connectivity index (χ4v) is 4.03. The van der Waals surface area contributed by atoms with Crippen molar-refractivity contribution in [2.75, 3.05) is 12.3 Å². The molecule has 0 radical (unpaired) electrons. The predicted octanol–water partition coefficient (Wildman–Crippen LogP) is 3.76. The van der Waals surface area contributed by atoms with Crippen LogP contribution in [0.1, 0.15) is 10.6 Å². The Morgan fingerprint density at radius 1 is 1.28 bits per heavy atom. The summed E-state index contributed by atoms with van der Waals surface area (Å²) in [6.45, 7) is 8.07. The number of thioether (sulfide) groups is 1. The van der Waals surface area contributed by atoms with E-state index in [4.69, 9.17) is 0 Å². The molecule has 5 nitrogen and oxygen atoms in total. The summed E-state index contributed by atoms with van der Waals surface area (Å²) >= 11 is 2.95. The number of carbonyl (C=O) groups is 1. The lowest BCUT2D eigenvalue weighted by atomic mass is 10.1. The number of benzene rings is 1. The normalized spacial score (nSPS) is 10.8. The van der Waals surface area contributed by atoms with Crippen LogP contribution in [0.4, 0.5) is 0 Å². The minimum atomic E-state index is -0.0607. The molecule has 1 amide bonds. The van der Waals surface area contributed by atoms with Gasteiger partial charge in [0.25, 0.3) is 0 Å². The zero-order valence-electron chi connectivity index (χ0n) is 14.1. The van der Waals surface area contributed by atoms with Crippen molar-refractivity contribution in [2.45, 2.75) is 18.9 Å². The fraction of sp³-hybridized carbons (Fsp3) is 0.222. The van der Waals surface area contributed by atoms with E-state index in [1.165, 1.54) is 17.3 Å². The summed E-state index contributed by atoms with van der Waals surface area (Å²) in [7, 11) is 0. The van der Waals surface area contributed by atoms with Gasteiger partial charge >= 0.3 is 0 Å². The van der Waals surface area contributed by atoms with Gasteiger partial charge in [0.2, 0.25) is 5.91 Å². The maximum absolute atomic E-state index is 11.8. The number of amides is 1. The molecule has 0 spiro atoms. The van der Waals surface area contributed by atoms with Crippen LogP contribution in [0, 0.1) is 13.8 Å². The number of hydrogen-bond acceptors (Lipinski definition) is 6. The summed E-state index contributed by atoms with van der Waals surface area (Å²) < 4.78 is 1.00. The van der Waals surface area contributed by atoms with Gasteiger partial charge in [-0.15, -0.1) is 28.1 Å². The van der Waals surface area contributed by atoms with E-state index in [-0.39, 0.29) is 11.7 Å². The Labute approximate surface area is 154 Å². The van der Waals surface area contributed by atoms with Crippen LogP contribution in [0.15, 0.2) is 41.9 Å². The Morgan fingerprint density at radius 3 is 2.76 bits per heavy atom. The second-order valence-corrected chi connectivity index (χ2v) is 7.68. The number of fused-ring (bicyclic) bond motifs is 1. The van der Waals surface area contributed by atoms with Crippen LogP contribution in [0.3, 0.4) is 0 Å². The van der Waals surface area contributed by atoms with E-state index in [0.29, 0.717) is 11.6 Å². The van der Waals surface area contributed by atoms with E-state index in [2.05, 4.69) is 46.1 Å². The maximum Gasteiger partial charge on any atom is 0.230 e. The number of nitrogens with zero attached hydrogens (tertiary/aromatic N) is 3. The maximum atomic E-state index is 11.8. The van der Waals surface area contributed by atoms with Crippen LogP contribution in [0.2, 0.25) is 0 Å². The highest BCUT2D eigenvalue weighted by molar-refractivity contribution is 8.00. The first-order valence-electron chi connectivity index (χ1n) is 7.79. The molecule has 0 aliphatic heterocycles. The molecule has 3 rings (SSSR count). The molecule has 2 aromatic heterocycles. The minimum Gasteiger partial charge on any atom is -0.352 e. The predicted molar refractivity (Wildman–Crippen MR) is 104 cm³/mol. The number of aryl methyl sites for hydroxylation is 2. The largest absolute Gasteiger partial charge is 0.352 e. The van der Waals surface area contributed by atoms with E-state index in [0.717, 1.165) is 26.5 Å². The van der Waals surface area contributed by atoms with E-state index in [1.54, 1.807) is 17.4 Å². The average Bonchev–Trinajstić information content (AvgIpc) is 3.00. The number of hydrogen-bond donors (Lipinski definition) is 1. The number of rotatable bonds is 6. The molecule has 0 bridgehead atoms. The molecule has 3 aromatic rings. The summed E-state index contributed by atoms with van der Waals surface area (Å²) in [5.41, 5.74) is 3.87. The van der Waals surface area contributed by atoms with Gasteiger partial charge in [-0.3, -0.25) is 4.79 Å². The fourth-order valence-electron chi connectivity index (χ4n) is 2.29. The first kappa shape index (κ1) is 17.6. The molecular weight excluding hydrogens is 352 g/mol. The van der Waals surface area contributed by atoms with Crippen molar-refractivity contribution in [2.24, 2.45) is 0 Å². The number of nitrogens with one attached hydrogen (secondary N) is 1. The molecule has 1 aromatic carbocycles. The third kappa shape index (κ3) is 4.05.